The van der Waals surface area contributed by atoms with Crippen LogP contribution in [0.1, 0.15) is 54.8 Å². The van der Waals surface area contributed by atoms with Crippen LogP contribution in [0, 0.1) is 0 Å². The first-order valence-corrected chi connectivity index (χ1v) is 7.76. The monoisotopic (exact) mass is 312 g/mol. The van der Waals surface area contributed by atoms with Gasteiger partial charge in [0.1, 0.15) is 17.9 Å². The maximum absolute atomic E-state index is 12.7. The molecule has 0 aliphatic carbocycles. The zero-order valence-corrected chi connectivity index (χ0v) is 14.0. The molecular formula is C18H22N3O2+. The van der Waals surface area contributed by atoms with E-state index in [1.165, 1.54) is 4.90 Å². The molecule has 2 amide bonds. The van der Waals surface area contributed by atoms with Gasteiger partial charge in [0.2, 0.25) is 6.33 Å². The number of hydrogen-bond acceptors (Lipinski definition) is 2. The zero-order valence-electron chi connectivity index (χ0n) is 14.0. The minimum Gasteiger partial charge on any atom is -0.269 e. The number of aromatic nitrogens is 2. The third kappa shape index (κ3) is 2.46. The molecule has 0 saturated carbocycles. The molecule has 23 heavy (non-hydrogen) atoms. The van der Waals surface area contributed by atoms with Crippen molar-refractivity contribution in [1.82, 2.24) is 9.88 Å². The molecule has 0 spiro atoms. The largest absolute Gasteiger partial charge is 0.269 e. The molecule has 1 aliphatic heterocycles. The highest BCUT2D eigenvalue weighted by Crippen LogP contribution is 2.34. The van der Waals surface area contributed by atoms with Crippen LogP contribution in [0.4, 0.5) is 0 Å². The number of nitrogens with zero attached hydrogens (tertiary/aromatic N) is 2. The highest BCUT2D eigenvalue weighted by molar-refractivity contribution is 6.21. The molecule has 1 aromatic carbocycles. The molecule has 0 atom stereocenters. The lowest BCUT2D eigenvalue weighted by Gasteiger charge is -2.38. The van der Waals surface area contributed by atoms with Gasteiger partial charge < -0.3 is 0 Å². The maximum atomic E-state index is 12.7. The first-order valence-electron chi connectivity index (χ1n) is 7.76. The van der Waals surface area contributed by atoms with Gasteiger partial charge in [0.15, 0.2) is 0 Å². The van der Waals surface area contributed by atoms with E-state index in [2.05, 4.69) is 23.4 Å². The van der Waals surface area contributed by atoms with Crippen LogP contribution in [0.25, 0.3) is 0 Å². The summed E-state index contributed by atoms with van der Waals surface area (Å²) in [6, 6.07) is 7.02. The summed E-state index contributed by atoms with van der Waals surface area (Å²) in [6.07, 6.45) is 6.35. The van der Waals surface area contributed by atoms with E-state index in [0.717, 1.165) is 0 Å². The zero-order chi connectivity index (χ0) is 16.8. The van der Waals surface area contributed by atoms with Crippen molar-refractivity contribution in [3.8, 4) is 0 Å². The molecule has 3 rings (SSSR count). The van der Waals surface area contributed by atoms with Gasteiger partial charge in [-0.15, -0.1) is 0 Å². The number of aromatic amines is 1. The van der Waals surface area contributed by atoms with Gasteiger partial charge in [-0.3, -0.25) is 19.5 Å². The van der Waals surface area contributed by atoms with Crippen molar-refractivity contribution in [1.29, 1.82) is 0 Å². The molecule has 5 nitrogen and oxygen atoms in total. The Morgan fingerprint density at radius 1 is 1.04 bits per heavy atom. The van der Waals surface area contributed by atoms with Crippen molar-refractivity contribution in [2.45, 2.75) is 45.2 Å². The van der Waals surface area contributed by atoms with Gasteiger partial charge in [0, 0.05) is 12.0 Å². The number of nitrogens with one attached hydrogen (secondary N) is 1. The quantitative estimate of drug-likeness (QED) is 0.696. The van der Waals surface area contributed by atoms with Crippen LogP contribution in [-0.4, -0.2) is 27.2 Å². The van der Waals surface area contributed by atoms with Crippen molar-refractivity contribution in [2.75, 3.05) is 0 Å². The predicted octanol–water partition coefficient (Wildman–Crippen LogP) is 2.50. The van der Waals surface area contributed by atoms with Gasteiger partial charge in [0.05, 0.1) is 11.1 Å². The van der Waals surface area contributed by atoms with E-state index in [-0.39, 0.29) is 17.4 Å². The van der Waals surface area contributed by atoms with Crippen LogP contribution in [0.2, 0.25) is 0 Å². The van der Waals surface area contributed by atoms with Gasteiger partial charge in [-0.2, -0.15) is 0 Å². The number of H-pyrrole nitrogens is 1. The van der Waals surface area contributed by atoms with Gasteiger partial charge in [-0.05, 0) is 39.8 Å². The SMILES string of the molecule is CC(C)(CC(C)(C)[n+]1cc[nH]c1)N1C(=O)c2ccccc2C1=O. The minimum absolute atomic E-state index is 0.203. The molecule has 0 saturated heterocycles. The summed E-state index contributed by atoms with van der Waals surface area (Å²) in [4.78, 5) is 29.9. The Bertz CT molecular complexity index is 725. The highest BCUT2D eigenvalue weighted by Gasteiger charge is 2.47. The first-order chi connectivity index (χ1) is 10.7. The van der Waals surface area contributed by atoms with Gasteiger partial charge >= 0.3 is 0 Å². The Morgan fingerprint density at radius 3 is 2.09 bits per heavy atom. The molecule has 120 valence electrons. The van der Waals surface area contributed by atoms with Crippen molar-refractivity contribution >= 4 is 11.8 Å². The normalized spacial score (nSPS) is 15.2. The minimum atomic E-state index is -0.596. The Morgan fingerprint density at radius 2 is 1.61 bits per heavy atom. The number of hydrogen-bond donors (Lipinski definition) is 1. The second-order valence-electron chi connectivity index (χ2n) is 7.31. The van der Waals surface area contributed by atoms with Crippen LogP contribution in [0.15, 0.2) is 43.0 Å². The molecule has 5 heteroatoms. The molecular weight excluding hydrogens is 290 g/mol. The molecule has 0 radical (unpaired) electrons. The van der Waals surface area contributed by atoms with Crippen LogP contribution in [0.5, 0.6) is 0 Å². The van der Waals surface area contributed by atoms with E-state index in [1.807, 2.05) is 32.6 Å². The maximum Gasteiger partial charge on any atom is 0.262 e. The number of rotatable bonds is 4. The highest BCUT2D eigenvalue weighted by atomic mass is 16.2. The van der Waals surface area contributed by atoms with E-state index in [9.17, 15) is 9.59 Å². The van der Waals surface area contributed by atoms with E-state index >= 15 is 0 Å². The summed E-state index contributed by atoms with van der Waals surface area (Å²) < 4.78 is 2.06. The summed E-state index contributed by atoms with van der Waals surface area (Å²) in [7, 11) is 0. The summed E-state index contributed by atoms with van der Waals surface area (Å²) in [5.41, 5.74) is 0.162. The van der Waals surface area contributed by atoms with Crippen LogP contribution in [-0.2, 0) is 5.54 Å². The fourth-order valence-corrected chi connectivity index (χ4v) is 3.63. The molecule has 0 bridgehead atoms. The van der Waals surface area contributed by atoms with E-state index in [0.29, 0.717) is 17.5 Å². The Hall–Kier alpha value is -2.43. The van der Waals surface area contributed by atoms with Crippen molar-refractivity contribution in [3.63, 3.8) is 0 Å². The van der Waals surface area contributed by atoms with Gasteiger partial charge in [-0.25, -0.2) is 4.57 Å². The smallest absolute Gasteiger partial charge is 0.262 e. The number of amides is 2. The van der Waals surface area contributed by atoms with Crippen molar-refractivity contribution < 1.29 is 14.2 Å². The summed E-state index contributed by atoms with van der Waals surface area (Å²) in [5, 5.41) is 0. The second kappa shape index (κ2) is 5.05. The lowest BCUT2D eigenvalue weighted by molar-refractivity contribution is -0.758. The number of benzene rings is 1. The summed E-state index contributed by atoms with van der Waals surface area (Å²) in [6.45, 7) is 8.09. The Kier molecular flexibility index (Phi) is 3.39. The molecule has 0 unspecified atom stereocenters. The third-order valence-electron chi connectivity index (χ3n) is 4.51. The molecule has 1 N–H and O–H groups in total. The average molecular weight is 312 g/mol. The van der Waals surface area contributed by atoms with E-state index in [1.54, 1.807) is 24.3 Å². The molecule has 2 aromatic rings. The fourth-order valence-electron chi connectivity index (χ4n) is 3.63. The Balaban J connectivity index is 1.92. The second-order valence-corrected chi connectivity index (χ2v) is 7.31. The molecule has 0 fully saturated rings. The number of carbonyl (C=O) groups is 2. The lowest BCUT2D eigenvalue weighted by Crippen LogP contribution is -2.58. The molecule has 1 aliphatic rings. The van der Waals surface area contributed by atoms with E-state index in [4.69, 9.17) is 0 Å². The standard InChI is InChI=1S/C18H21N3O2/c1-17(2,20-10-9-19-12-20)11-18(3,4)21-15(22)13-7-5-6-8-14(13)16(21)23/h5-10,12H,11H2,1-4H3/p+1. The number of imidazole rings is 1. The van der Waals surface area contributed by atoms with Crippen LogP contribution in [0.3, 0.4) is 0 Å². The van der Waals surface area contributed by atoms with Crippen molar-refractivity contribution in [2.24, 2.45) is 0 Å². The lowest BCUT2D eigenvalue weighted by atomic mass is 9.85. The Labute approximate surface area is 135 Å². The van der Waals surface area contributed by atoms with E-state index < -0.39 is 5.54 Å². The summed E-state index contributed by atoms with van der Waals surface area (Å²) >= 11 is 0. The number of fused-ring (bicyclic) bond motifs is 1. The fraction of sp³-hybridized carbons (Fsp3) is 0.389. The molecule has 1 aromatic heterocycles. The summed E-state index contributed by atoms with van der Waals surface area (Å²) in [5.74, 6) is -0.407. The van der Waals surface area contributed by atoms with Gasteiger partial charge in [-0.1, -0.05) is 12.1 Å². The first kappa shape index (κ1) is 15.5. The van der Waals surface area contributed by atoms with Crippen LogP contribution < -0.4 is 4.57 Å². The molecule has 2 heterocycles. The topological polar surface area (TPSA) is 57.0 Å². The number of imide groups is 1. The third-order valence-corrected chi connectivity index (χ3v) is 4.51. The number of carbonyl (C=O) groups excluding carboxylic acids is 2. The van der Waals surface area contributed by atoms with Crippen molar-refractivity contribution in [3.05, 3.63) is 54.1 Å². The van der Waals surface area contributed by atoms with Gasteiger partial charge in [0.25, 0.3) is 11.8 Å². The average Bonchev–Trinajstić information content (AvgIpc) is 3.07. The van der Waals surface area contributed by atoms with Crippen LogP contribution >= 0.6 is 0 Å². The predicted molar refractivity (Wildman–Crippen MR) is 85.9 cm³/mol.